The van der Waals surface area contributed by atoms with Crippen LogP contribution in [0.1, 0.15) is 51.0 Å². The van der Waals surface area contributed by atoms with E-state index in [1.165, 1.54) is 11.3 Å². The lowest BCUT2D eigenvalue weighted by atomic mass is 9.96. The van der Waals surface area contributed by atoms with E-state index >= 15 is 0 Å². The Morgan fingerprint density at radius 3 is 2.63 bits per heavy atom. The van der Waals surface area contributed by atoms with Crippen LogP contribution < -0.4 is 5.32 Å². The third kappa shape index (κ3) is 5.52. The zero-order valence-electron chi connectivity index (χ0n) is 16.0. The minimum absolute atomic E-state index is 0.212. The molecule has 0 spiro atoms. The Balaban J connectivity index is 1.65. The van der Waals surface area contributed by atoms with E-state index in [1.807, 2.05) is 33.8 Å². The molecule has 1 aliphatic heterocycles. The Hall–Kier alpha value is -1.93. The van der Waals surface area contributed by atoms with Crippen molar-refractivity contribution in [3.05, 3.63) is 28.1 Å². The van der Waals surface area contributed by atoms with Gasteiger partial charge in [-0.05, 0) is 40.5 Å². The van der Waals surface area contributed by atoms with Crippen molar-refractivity contribution >= 4 is 40.0 Å². The maximum atomic E-state index is 12.2. The van der Waals surface area contributed by atoms with E-state index in [0.29, 0.717) is 28.4 Å². The van der Waals surface area contributed by atoms with Gasteiger partial charge in [-0.3, -0.25) is 0 Å². The number of halogens is 1. The maximum absolute atomic E-state index is 12.2. The molecule has 0 radical (unpaired) electrons. The van der Waals surface area contributed by atoms with Crippen LogP contribution in [0.25, 0.3) is 0 Å². The zero-order chi connectivity index (χ0) is 19.6. The molecule has 3 heterocycles. The fourth-order valence-corrected chi connectivity index (χ4v) is 3.73. The first-order valence-corrected chi connectivity index (χ1v) is 10.1. The first-order chi connectivity index (χ1) is 12.7. The van der Waals surface area contributed by atoms with E-state index in [2.05, 4.69) is 20.3 Å². The van der Waals surface area contributed by atoms with Gasteiger partial charge in [-0.15, -0.1) is 0 Å². The van der Waals surface area contributed by atoms with Crippen molar-refractivity contribution in [2.75, 3.05) is 18.4 Å². The number of hydrogen-bond donors (Lipinski definition) is 1. The molecule has 1 saturated heterocycles. The van der Waals surface area contributed by atoms with Crippen LogP contribution in [0.3, 0.4) is 0 Å². The summed E-state index contributed by atoms with van der Waals surface area (Å²) in [6.07, 6.45) is 2.97. The quantitative estimate of drug-likeness (QED) is 0.787. The molecule has 1 aliphatic rings. The van der Waals surface area contributed by atoms with Gasteiger partial charge in [-0.2, -0.15) is 0 Å². The van der Waals surface area contributed by atoms with Crippen LogP contribution in [0.4, 0.5) is 15.7 Å². The van der Waals surface area contributed by atoms with Crippen molar-refractivity contribution in [1.82, 2.24) is 19.9 Å². The normalized spacial score (nSPS) is 15.7. The molecule has 0 aliphatic carbocycles. The second-order valence-corrected chi connectivity index (χ2v) is 9.25. The largest absolute Gasteiger partial charge is 0.444 e. The van der Waals surface area contributed by atoms with Gasteiger partial charge < -0.3 is 15.0 Å². The minimum atomic E-state index is -0.479. The van der Waals surface area contributed by atoms with Gasteiger partial charge in [0.15, 0.2) is 5.13 Å². The molecule has 3 rings (SSSR count). The predicted octanol–water partition coefficient (Wildman–Crippen LogP) is 4.75. The second-order valence-electron chi connectivity index (χ2n) is 7.59. The fourth-order valence-electron chi connectivity index (χ4n) is 2.91. The molecule has 27 heavy (non-hydrogen) atoms. The van der Waals surface area contributed by atoms with E-state index in [-0.39, 0.29) is 12.0 Å². The molecule has 2 aromatic heterocycles. The predicted molar refractivity (Wildman–Crippen MR) is 107 cm³/mol. The third-order valence-electron chi connectivity index (χ3n) is 4.10. The zero-order valence-corrected chi connectivity index (χ0v) is 17.5. The summed E-state index contributed by atoms with van der Waals surface area (Å²) in [6.45, 7) is 8.86. The molecule has 0 aromatic carbocycles. The van der Waals surface area contributed by atoms with E-state index in [4.69, 9.17) is 16.3 Å². The highest BCUT2D eigenvalue weighted by Gasteiger charge is 2.28. The summed E-state index contributed by atoms with van der Waals surface area (Å²) in [7, 11) is 0. The molecule has 7 nitrogen and oxygen atoms in total. The van der Waals surface area contributed by atoms with Crippen molar-refractivity contribution in [3.8, 4) is 0 Å². The van der Waals surface area contributed by atoms with Gasteiger partial charge in [0.05, 0.1) is 6.20 Å². The lowest BCUT2D eigenvalue weighted by molar-refractivity contribution is 0.0203. The van der Waals surface area contributed by atoms with Crippen molar-refractivity contribution in [2.24, 2.45) is 0 Å². The van der Waals surface area contributed by atoms with Crippen molar-refractivity contribution < 1.29 is 9.53 Å². The first-order valence-electron chi connectivity index (χ1n) is 8.91. The Morgan fingerprint density at radius 2 is 2.04 bits per heavy atom. The summed E-state index contributed by atoms with van der Waals surface area (Å²) >= 11 is 7.29. The molecule has 1 fully saturated rings. The molecule has 2 aromatic rings. The standard InChI is InChI=1S/C18H24ClN5O2S/c1-11-9-14(23-16-20-10-13(19)27-16)22-15(21-11)12-5-7-24(8-6-12)17(25)26-18(2,3)4/h9-10,12H,5-8H2,1-4H3,(H,20,21,22,23). The van der Waals surface area contributed by atoms with Gasteiger partial charge in [0, 0.05) is 30.8 Å². The van der Waals surface area contributed by atoms with Crippen LogP contribution in [0.15, 0.2) is 12.3 Å². The summed E-state index contributed by atoms with van der Waals surface area (Å²) < 4.78 is 6.08. The number of thiazole rings is 1. The van der Waals surface area contributed by atoms with Crippen LogP contribution >= 0.6 is 22.9 Å². The Bertz CT molecular complexity index is 812. The van der Waals surface area contributed by atoms with Crippen LogP contribution in [-0.4, -0.2) is 44.6 Å². The molecular formula is C18H24ClN5O2S. The van der Waals surface area contributed by atoms with Crippen molar-refractivity contribution in [1.29, 1.82) is 0 Å². The average Bonchev–Trinajstić information content (AvgIpc) is 2.98. The molecule has 1 N–H and O–H groups in total. The number of piperidine rings is 1. The highest BCUT2D eigenvalue weighted by molar-refractivity contribution is 7.19. The van der Waals surface area contributed by atoms with E-state index < -0.39 is 5.60 Å². The molecule has 0 atom stereocenters. The first kappa shape index (κ1) is 19.8. The SMILES string of the molecule is Cc1cc(Nc2ncc(Cl)s2)nc(C2CCN(C(=O)OC(C)(C)C)CC2)n1. The molecule has 9 heteroatoms. The number of anilines is 2. The van der Waals surface area contributed by atoms with Gasteiger partial charge in [0.25, 0.3) is 0 Å². The lowest BCUT2D eigenvalue weighted by Gasteiger charge is -2.33. The Kier molecular flexibility index (Phi) is 5.86. The highest BCUT2D eigenvalue weighted by atomic mass is 35.5. The smallest absolute Gasteiger partial charge is 0.410 e. The second kappa shape index (κ2) is 7.98. The van der Waals surface area contributed by atoms with Crippen LogP contribution in [-0.2, 0) is 4.74 Å². The third-order valence-corrected chi connectivity index (χ3v) is 5.13. The van der Waals surface area contributed by atoms with E-state index in [1.54, 1.807) is 11.1 Å². The van der Waals surface area contributed by atoms with Gasteiger partial charge >= 0.3 is 6.09 Å². The number of carbonyl (C=O) groups is 1. The molecule has 0 bridgehead atoms. The molecular weight excluding hydrogens is 386 g/mol. The summed E-state index contributed by atoms with van der Waals surface area (Å²) in [5.41, 5.74) is 0.409. The molecule has 0 saturated carbocycles. The number of carbonyl (C=O) groups excluding carboxylic acids is 1. The van der Waals surface area contributed by atoms with E-state index in [0.717, 1.165) is 24.4 Å². The summed E-state index contributed by atoms with van der Waals surface area (Å²) in [5.74, 6) is 1.71. The number of nitrogens with zero attached hydrogens (tertiary/aromatic N) is 4. The fraction of sp³-hybridized carbons (Fsp3) is 0.556. The average molecular weight is 410 g/mol. The number of hydrogen-bond acceptors (Lipinski definition) is 7. The maximum Gasteiger partial charge on any atom is 0.410 e. The Morgan fingerprint density at radius 1 is 1.33 bits per heavy atom. The molecule has 146 valence electrons. The topological polar surface area (TPSA) is 80.2 Å². The number of aryl methyl sites for hydroxylation is 1. The van der Waals surface area contributed by atoms with Gasteiger partial charge in [0.1, 0.15) is 21.6 Å². The summed E-state index contributed by atoms with van der Waals surface area (Å²) in [5, 5.41) is 3.88. The van der Waals surface area contributed by atoms with E-state index in [9.17, 15) is 4.79 Å². The number of nitrogens with one attached hydrogen (secondary N) is 1. The number of ether oxygens (including phenoxy) is 1. The van der Waals surface area contributed by atoms with Gasteiger partial charge in [0.2, 0.25) is 0 Å². The van der Waals surface area contributed by atoms with Crippen LogP contribution in [0, 0.1) is 6.92 Å². The monoisotopic (exact) mass is 409 g/mol. The minimum Gasteiger partial charge on any atom is -0.444 e. The lowest BCUT2D eigenvalue weighted by Crippen LogP contribution is -2.41. The summed E-state index contributed by atoms with van der Waals surface area (Å²) in [6, 6.07) is 1.88. The molecule has 1 amide bonds. The van der Waals surface area contributed by atoms with Crippen molar-refractivity contribution in [2.45, 2.75) is 52.1 Å². The number of rotatable bonds is 3. The van der Waals surface area contributed by atoms with Gasteiger partial charge in [-0.1, -0.05) is 22.9 Å². The van der Waals surface area contributed by atoms with Crippen LogP contribution in [0.5, 0.6) is 0 Å². The van der Waals surface area contributed by atoms with Crippen molar-refractivity contribution in [3.63, 3.8) is 0 Å². The number of likely N-dealkylation sites (tertiary alicyclic amines) is 1. The molecule has 0 unspecified atom stereocenters. The highest BCUT2D eigenvalue weighted by Crippen LogP contribution is 2.29. The number of amides is 1. The van der Waals surface area contributed by atoms with Crippen LogP contribution in [0.2, 0.25) is 4.34 Å². The Labute approximate surface area is 168 Å². The number of aromatic nitrogens is 3. The summed E-state index contributed by atoms with van der Waals surface area (Å²) in [4.78, 5) is 27.4. The van der Waals surface area contributed by atoms with Gasteiger partial charge in [-0.25, -0.2) is 19.7 Å².